The molecule has 0 saturated carbocycles. The topological polar surface area (TPSA) is 38.8 Å². The molecule has 1 spiro atoms. The number of carbonyl (C=O) groups excluding carboxylic acids is 1. The number of carbonyl (C=O) groups is 1. The van der Waals surface area contributed by atoms with E-state index in [0.29, 0.717) is 12.6 Å². The molecule has 3 rings (SSSR count). The molecule has 21 heavy (non-hydrogen) atoms. The normalized spacial score (nSPS) is 37.8. The number of thioether (sulfide) groups is 1. The molecule has 4 nitrogen and oxygen atoms in total. The van der Waals surface area contributed by atoms with Crippen LogP contribution in [0, 0.1) is 5.92 Å². The van der Waals surface area contributed by atoms with Gasteiger partial charge < -0.3 is 9.47 Å². The molecule has 3 atom stereocenters. The van der Waals surface area contributed by atoms with Gasteiger partial charge in [-0.15, -0.1) is 0 Å². The Morgan fingerprint density at radius 1 is 1.48 bits per heavy atom. The van der Waals surface area contributed by atoms with Gasteiger partial charge in [-0.25, -0.2) is 0 Å². The van der Waals surface area contributed by atoms with Crippen LogP contribution in [0.3, 0.4) is 0 Å². The number of piperidine rings is 1. The van der Waals surface area contributed by atoms with Crippen molar-refractivity contribution in [2.45, 2.75) is 50.7 Å². The summed E-state index contributed by atoms with van der Waals surface area (Å²) >= 11 is 2.02. The second-order valence-electron chi connectivity index (χ2n) is 6.57. The SMILES string of the molecule is CCOC(=O)[C@@H]1CCCN(C2CCOC3(CCSC3)C2)C1. The number of nitrogens with zero attached hydrogens (tertiary/aromatic N) is 1. The molecule has 3 aliphatic heterocycles. The fourth-order valence-electron chi connectivity index (χ4n) is 3.97. The van der Waals surface area contributed by atoms with Gasteiger partial charge in [-0.2, -0.15) is 11.8 Å². The summed E-state index contributed by atoms with van der Waals surface area (Å²) in [4.78, 5) is 14.5. The van der Waals surface area contributed by atoms with E-state index in [1.165, 1.54) is 12.2 Å². The molecule has 0 bridgehead atoms. The van der Waals surface area contributed by atoms with Gasteiger partial charge in [-0.3, -0.25) is 9.69 Å². The minimum absolute atomic E-state index is 0.000365. The summed E-state index contributed by atoms with van der Waals surface area (Å²) in [6, 6.07) is 0.592. The number of ether oxygens (including phenoxy) is 2. The minimum atomic E-state index is 0.000365. The Morgan fingerprint density at radius 3 is 3.14 bits per heavy atom. The van der Waals surface area contributed by atoms with Crippen molar-refractivity contribution in [1.29, 1.82) is 0 Å². The van der Waals surface area contributed by atoms with Gasteiger partial charge in [0.05, 0.1) is 18.1 Å². The Labute approximate surface area is 131 Å². The molecule has 120 valence electrons. The van der Waals surface area contributed by atoms with E-state index < -0.39 is 0 Å². The van der Waals surface area contributed by atoms with Crippen molar-refractivity contribution in [2.24, 2.45) is 5.92 Å². The number of hydrogen-bond acceptors (Lipinski definition) is 5. The summed E-state index contributed by atoms with van der Waals surface area (Å²) in [6.07, 6.45) is 5.56. The van der Waals surface area contributed by atoms with E-state index in [4.69, 9.17) is 9.47 Å². The summed E-state index contributed by atoms with van der Waals surface area (Å²) in [5.74, 6) is 2.47. The van der Waals surface area contributed by atoms with Crippen LogP contribution in [0.25, 0.3) is 0 Å². The minimum Gasteiger partial charge on any atom is -0.466 e. The first-order chi connectivity index (χ1) is 10.2. The highest BCUT2D eigenvalue weighted by Gasteiger charge is 2.43. The molecule has 3 aliphatic rings. The van der Waals surface area contributed by atoms with E-state index in [-0.39, 0.29) is 17.5 Å². The molecule has 3 heterocycles. The van der Waals surface area contributed by atoms with Gasteiger partial charge >= 0.3 is 5.97 Å². The highest BCUT2D eigenvalue weighted by atomic mass is 32.2. The Kier molecular flexibility index (Phi) is 5.12. The average Bonchev–Trinajstić information content (AvgIpc) is 2.95. The molecule has 0 N–H and O–H groups in total. The predicted molar refractivity (Wildman–Crippen MR) is 84.6 cm³/mol. The van der Waals surface area contributed by atoms with Crippen molar-refractivity contribution in [3.63, 3.8) is 0 Å². The lowest BCUT2D eigenvalue weighted by atomic mass is 9.87. The maximum Gasteiger partial charge on any atom is 0.310 e. The van der Waals surface area contributed by atoms with E-state index in [2.05, 4.69) is 4.90 Å². The van der Waals surface area contributed by atoms with Gasteiger partial charge in [0.15, 0.2) is 0 Å². The largest absolute Gasteiger partial charge is 0.466 e. The second kappa shape index (κ2) is 6.88. The van der Waals surface area contributed by atoms with Crippen molar-refractivity contribution < 1.29 is 14.3 Å². The number of hydrogen-bond donors (Lipinski definition) is 0. The van der Waals surface area contributed by atoms with E-state index in [0.717, 1.165) is 51.1 Å². The van der Waals surface area contributed by atoms with Crippen LogP contribution in [0.15, 0.2) is 0 Å². The Balaban J connectivity index is 1.59. The first-order valence-electron chi connectivity index (χ1n) is 8.35. The van der Waals surface area contributed by atoms with Crippen LogP contribution in [-0.2, 0) is 14.3 Å². The molecule has 0 radical (unpaired) electrons. The van der Waals surface area contributed by atoms with Gasteiger partial charge in [-0.05, 0) is 51.3 Å². The van der Waals surface area contributed by atoms with Crippen molar-refractivity contribution in [3.05, 3.63) is 0 Å². The molecule has 0 aromatic carbocycles. The quantitative estimate of drug-likeness (QED) is 0.748. The third kappa shape index (κ3) is 3.57. The number of rotatable bonds is 3. The molecule has 0 aromatic heterocycles. The maximum atomic E-state index is 12.0. The second-order valence-corrected chi connectivity index (χ2v) is 7.67. The lowest BCUT2D eigenvalue weighted by molar-refractivity contribution is -0.151. The van der Waals surface area contributed by atoms with Crippen LogP contribution in [-0.4, -0.2) is 60.3 Å². The smallest absolute Gasteiger partial charge is 0.310 e. The van der Waals surface area contributed by atoms with Crippen LogP contribution in [0.5, 0.6) is 0 Å². The highest BCUT2D eigenvalue weighted by Crippen LogP contribution is 2.40. The fourth-order valence-corrected chi connectivity index (χ4v) is 5.35. The Morgan fingerprint density at radius 2 is 2.38 bits per heavy atom. The van der Waals surface area contributed by atoms with Gasteiger partial charge in [0.2, 0.25) is 0 Å². The van der Waals surface area contributed by atoms with Crippen LogP contribution in [0.1, 0.15) is 39.0 Å². The predicted octanol–water partition coefficient (Wildman–Crippen LogP) is 2.32. The lowest BCUT2D eigenvalue weighted by Gasteiger charge is -2.45. The average molecular weight is 313 g/mol. The zero-order chi connectivity index (χ0) is 14.7. The molecule has 0 aromatic rings. The molecule has 5 heteroatoms. The summed E-state index contributed by atoms with van der Waals surface area (Å²) in [7, 11) is 0. The van der Waals surface area contributed by atoms with E-state index in [1.54, 1.807) is 0 Å². The summed E-state index contributed by atoms with van der Waals surface area (Å²) in [5, 5.41) is 0. The molecular formula is C16H27NO3S. The molecular weight excluding hydrogens is 286 g/mol. The van der Waals surface area contributed by atoms with Crippen LogP contribution >= 0.6 is 11.8 Å². The van der Waals surface area contributed by atoms with E-state index in [1.807, 2.05) is 18.7 Å². The molecule has 2 unspecified atom stereocenters. The highest BCUT2D eigenvalue weighted by molar-refractivity contribution is 7.99. The van der Waals surface area contributed by atoms with Crippen LogP contribution in [0.2, 0.25) is 0 Å². The maximum absolute atomic E-state index is 12.0. The van der Waals surface area contributed by atoms with Gasteiger partial charge in [0.25, 0.3) is 0 Å². The molecule has 3 saturated heterocycles. The number of esters is 1. The van der Waals surface area contributed by atoms with Crippen molar-refractivity contribution >= 4 is 17.7 Å². The van der Waals surface area contributed by atoms with E-state index in [9.17, 15) is 4.79 Å². The van der Waals surface area contributed by atoms with Crippen LogP contribution in [0.4, 0.5) is 0 Å². The zero-order valence-corrected chi connectivity index (χ0v) is 13.8. The molecule has 0 amide bonds. The standard InChI is InChI=1S/C16H27NO3S/c1-2-19-15(18)13-4-3-7-17(11-13)14-5-8-20-16(10-14)6-9-21-12-16/h13-14H,2-12H2,1H3/t13-,14?,16?/m1/s1. The van der Waals surface area contributed by atoms with Gasteiger partial charge in [0.1, 0.15) is 0 Å². The monoisotopic (exact) mass is 313 g/mol. The van der Waals surface area contributed by atoms with Gasteiger partial charge in [-0.1, -0.05) is 0 Å². The zero-order valence-electron chi connectivity index (χ0n) is 13.0. The lowest BCUT2D eigenvalue weighted by Crippen LogP contribution is -2.52. The summed E-state index contributed by atoms with van der Waals surface area (Å²) < 4.78 is 11.3. The first-order valence-corrected chi connectivity index (χ1v) is 9.50. The summed E-state index contributed by atoms with van der Waals surface area (Å²) in [5.41, 5.74) is 0.129. The van der Waals surface area contributed by atoms with Gasteiger partial charge in [0, 0.05) is 24.9 Å². The summed E-state index contributed by atoms with van der Waals surface area (Å²) in [6.45, 7) is 5.27. The third-order valence-corrected chi connectivity index (χ3v) is 6.35. The first kappa shape index (κ1) is 15.6. The Bertz CT molecular complexity index is 371. The molecule has 0 aliphatic carbocycles. The van der Waals surface area contributed by atoms with Crippen molar-refractivity contribution in [2.75, 3.05) is 37.8 Å². The van der Waals surface area contributed by atoms with Crippen LogP contribution < -0.4 is 0 Å². The van der Waals surface area contributed by atoms with Crippen molar-refractivity contribution in [1.82, 2.24) is 4.90 Å². The van der Waals surface area contributed by atoms with E-state index >= 15 is 0 Å². The molecule has 3 fully saturated rings. The fraction of sp³-hybridized carbons (Fsp3) is 0.938. The Hall–Kier alpha value is -0.260. The third-order valence-electron chi connectivity index (χ3n) is 5.12. The van der Waals surface area contributed by atoms with Crippen molar-refractivity contribution in [3.8, 4) is 0 Å². The number of likely N-dealkylation sites (tertiary alicyclic amines) is 1.